The number of amides is 1. The van der Waals surface area contributed by atoms with Gasteiger partial charge in [-0.1, -0.05) is 66.7 Å². The summed E-state index contributed by atoms with van der Waals surface area (Å²) in [4.78, 5) is 14.7. The average molecular weight is 444 g/mol. The van der Waals surface area contributed by atoms with Gasteiger partial charge in [0.25, 0.3) is 0 Å². The predicted octanol–water partition coefficient (Wildman–Crippen LogP) is 5.19. The molecule has 3 aliphatic carbocycles. The largest absolute Gasteiger partial charge is 0.497 e. The van der Waals surface area contributed by atoms with Crippen LogP contribution in [0.15, 0.2) is 78.9 Å². The summed E-state index contributed by atoms with van der Waals surface area (Å²) < 4.78 is 10.9. The van der Waals surface area contributed by atoms with Crippen molar-refractivity contribution in [2.75, 3.05) is 14.2 Å². The van der Waals surface area contributed by atoms with Crippen molar-refractivity contribution in [1.82, 2.24) is 4.90 Å². The summed E-state index contributed by atoms with van der Waals surface area (Å²) >= 11 is 0. The van der Waals surface area contributed by atoms with Crippen molar-refractivity contribution in [1.29, 1.82) is 0 Å². The first-order chi connectivity index (χ1) is 16.0. The Balaban J connectivity index is 1.41. The van der Waals surface area contributed by atoms with Crippen LogP contribution in [0.5, 0.6) is 5.75 Å². The Labute approximate surface area is 194 Å². The van der Waals surface area contributed by atoms with E-state index in [2.05, 4.69) is 12.1 Å². The molecule has 170 valence electrons. The minimum absolute atomic E-state index is 0.0209. The summed E-state index contributed by atoms with van der Waals surface area (Å²) in [6.07, 6.45) is 0.908. The van der Waals surface area contributed by atoms with Crippen LogP contribution in [-0.2, 0) is 16.9 Å². The van der Waals surface area contributed by atoms with E-state index in [1.807, 2.05) is 73.8 Å². The Hall–Kier alpha value is -3.31. The minimum Gasteiger partial charge on any atom is -0.497 e. The van der Waals surface area contributed by atoms with Crippen molar-refractivity contribution in [3.05, 3.63) is 101 Å². The highest BCUT2D eigenvalue weighted by atomic mass is 16.6. The molecule has 1 N–H and O–H groups in total. The van der Waals surface area contributed by atoms with Gasteiger partial charge in [-0.3, -0.25) is 0 Å². The van der Waals surface area contributed by atoms with Crippen molar-refractivity contribution < 1.29 is 19.4 Å². The van der Waals surface area contributed by atoms with Crippen LogP contribution in [0.4, 0.5) is 4.79 Å². The molecule has 0 saturated heterocycles. The lowest BCUT2D eigenvalue weighted by molar-refractivity contribution is -0.0624. The molecule has 4 atom stereocenters. The van der Waals surface area contributed by atoms with Crippen molar-refractivity contribution >= 4 is 6.09 Å². The van der Waals surface area contributed by atoms with Crippen LogP contribution < -0.4 is 4.74 Å². The van der Waals surface area contributed by atoms with Gasteiger partial charge in [-0.25, -0.2) is 4.79 Å². The van der Waals surface area contributed by atoms with Gasteiger partial charge in [0.1, 0.15) is 12.4 Å². The number of likely N-dealkylation sites (N-methyl/N-ethyl adjacent to an activating group) is 1. The van der Waals surface area contributed by atoms with E-state index in [-0.39, 0.29) is 30.6 Å². The summed E-state index contributed by atoms with van der Waals surface area (Å²) in [5, 5.41) is 12.0. The first-order valence-electron chi connectivity index (χ1n) is 11.4. The minimum atomic E-state index is -0.990. The van der Waals surface area contributed by atoms with E-state index in [0.717, 1.165) is 16.9 Å². The molecule has 0 aromatic heterocycles. The van der Waals surface area contributed by atoms with Gasteiger partial charge in [0.2, 0.25) is 0 Å². The standard InChI is InChI=1S/C28H29NO4/c1-29(27(30)33-18-19-8-4-3-5-9-19)26-16-25-23-11-7-6-10-22(23)24(26)17-28(25,31)20-12-14-21(32-2)15-13-20/h3-15,24-26,31H,16-18H2,1-2H3/t24-,25+,26+,28+/m1/s1. The average Bonchev–Trinajstić information content (AvgIpc) is 2.87. The smallest absolute Gasteiger partial charge is 0.410 e. The number of hydrogen-bond donors (Lipinski definition) is 1. The van der Waals surface area contributed by atoms with E-state index < -0.39 is 5.60 Å². The van der Waals surface area contributed by atoms with Gasteiger partial charge in [-0.15, -0.1) is 0 Å². The molecule has 1 saturated carbocycles. The Morgan fingerprint density at radius 1 is 1.00 bits per heavy atom. The molecule has 0 spiro atoms. The zero-order valence-corrected chi connectivity index (χ0v) is 19.0. The van der Waals surface area contributed by atoms with Gasteiger partial charge in [0, 0.05) is 24.9 Å². The van der Waals surface area contributed by atoms with Crippen LogP contribution in [-0.4, -0.2) is 36.3 Å². The molecule has 3 aliphatic rings. The third-order valence-electron chi connectivity index (χ3n) is 7.40. The van der Waals surface area contributed by atoms with Gasteiger partial charge in [0.15, 0.2) is 0 Å². The Morgan fingerprint density at radius 2 is 1.67 bits per heavy atom. The highest BCUT2D eigenvalue weighted by Crippen LogP contribution is 2.59. The quantitative estimate of drug-likeness (QED) is 0.589. The highest BCUT2D eigenvalue weighted by Gasteiger charge is 2.55. The van der Waals surface area contributed by atoms with Crippen LogP contribution in [0, 0.1) is 0 Å². The fourth-order valence-corrected chi connectivity index (χ4v) is 5.66. The molecule has 5 heteroatoms. The number of carbonyl (C=O) groups is 1. The maximum Gasteiger partial charge on any atom is 0.410 e. The maximum atomic E-state index is 12.9. The third-order valence-corrected chi connectivity index (χ3v) is 7.40. The first kappa shape index (κ1) is 21.5. The summed E-state index contributed by atoms with van der Waals surface area (Å²) in [6, 6.07) is 25.7. The topological polar surface area (TPSA) is 59.0 Å². The summed E-state index contributed by atoms with van der Waals surface area (Å²) in [5.74, 6) is 0.677. The van der Waals surface area contributed by atoms with Crippen molar-refractivity contribution in [3.63, 3.8) is 0 Å². The molecule has 6 rings (SSSR count). The number of methoxy groups -OCH3 is 1. The van der Waals surface area contributed by atoms with Crippen molar-refractivity contribution in [3.8, 4) is 5.75 Å². The number of fused-ring (bicyclic) bond motifs is 2. The molecular weight excluding hydrogens is 414 g/mol. The third kappa shape index (κ3) is 3.76. The lowest BCUT2D eigenvalue weighted by Crippen LogP contribution is -2.54. The Morgan fingerprint density at radius 3 is 2.36 bits per heavy atom. The van der Waals surface area contributed by atoms with Crippen LogP contribution >= 0.6 is 0 Å². The molecule has 1 fully saturated rings. The second-order valence-corrected chi connectivity index (χ2v) is 9.10. The van der Waals surface area contributed by atoms with Crippen LogP contribution in [0.1, 0.15) is 46.9 Å². The van der Waals surface area contributed by atoms with Crippen LogP contribution in [0.3, 0.4) is 0 Å². The number of rotatable bonds is 5. The van der Waals surface area contributed by atoms with Gasteiger partial charge >= 0.3 is 6.09 Å². The SMILES string of the molecule is COc1ccc([C@@]2(O)C[C@@H]3c4ccccc4[C@@H]2C[C@@H]3N(C)C(=O)OCc2ccccc2)cc1. The number of carbonyl (C=O) groups excluding carboxylic acids is 1. The number of benzene rings is 3. The van der Waals surface area contributed by atoms with Gasteiger partial charge in [0.05, 0.1) is 12.7 Å². The number of ether oxygens (including phenoxy) is 2. The fraction of sp³-hybridized carbons (Fsp3) is 0.321. The molecule has 1 amide bonds. The molecule has 0 aliphatic heterocycles. The summed E-state index contributed by atoms with van der Waals surface area (Å²) in [5.41, 5.74) is 3.26. The first-order valence-corrected chi connectivity index (χ1v) is 11.4. The molecule has 33 heavy (non-hydrogen) atoms. The summed E-state index contributed by atoms with van der Waals surface area (Å²) in [6.45, 7) is 0.247. The normalized spacial score (nSPS) is 25.2. The lowest BCUT2D eigenvalue weighted by Gasteiger charge is -2.54. The second kappa shape index (κ2) is 8.56. The predicted molar refractivity (Wildman–Crippen MR) is 126 cm³/mol. The molecule has 3 aromatic carbocycles. The van der Waals surface area contributed by atoms with Crippen LogP contribution in [0.2, 0.25) is 0 Å². The zero-order chi connectivity index (χ0) is 23.0. The van der Waals surface area contributed by atoms with E-state index in [1.165, 1.54) is 11.1 Å². The number of aliphatic hydroxyl groups is 1. The van der Waals surface area contributed by atoms with E-state index in [4.69, 9.17) is 9.47 Å². The van der Waals surface area contributed by atoms with Gasteiger partial charge in [-0.05, 0) is 47.2 Å². The second-order valence-electron chi connectivity index (χ2n) is 9.10. The number of nitrogens with zero attached hydrogens (tertiary/aromatic N) is 1. The monoisotopic (exact) mass is 443 g/mol. The highest BCUT2D eigenvalue weighted by molar-refractivity contribution is 5.68. The number of hydrogen-bond acceptors (Lipinski definition) is 4. The molecule has 2 bridgehead atoms. The van der Waals surface area contributed by atoms with E-state index in [9.17, 15) is 9.90 Å². The molecule has 0 heterocycles. The molecule has 0 radical (unpaired) electrons. The van der Waals surface area contributed by atoms with E-state index >= 15 is 0 Å². The summed E-state index contributed by atoms with van der Waals surface area (Å²) in [7, 11) is 3.45. The lowest BCUT2D eigenvalue weighted by atomic mass is 9.55. The van der Waals surface area contributed by atoms with Gasteiger partial charge in [-0.2, -0.15) is 0 Å². The van der Waals surface area contributed by atoms with E-state index in [0.29, 0.717) is 12.8 Å². The van der Waals surface area contributed by atoms with Crippen molar-refractivity contribution in [2.24, 2.45) is 0 Å². The van der Waals surface area contributed by atoms with Crippen LogP contribution in [0.25, 0.3) is 0 Å². The molecular formula is C28H29NO4. The van der Waals surface area contributed by atoms with Crippen molar-refractivity contribution in [2.45, 2.75) is 42.9 Å². The maximum absolute atomic E-state index is 12.9. The molecule has 0 unspecified atom stereocenters. The molecule has 3 aromatic rings. The Bertz CT molecular complexity index is 1130. The fourth-order valence-electron chi connectivity index (χ4n) is 5.66. The van der Waals surface area contributed by atoms with Gasteiger partial charge < -0.3 is 19.5 Å². The zero-order valence-electron chi connectivity index (χ0n) is 19.0. The Kier molecular flexibility index (Phi) is 5.59. The van der Waals surface area contributed by atoms with E-state index in [1.54, 1.807) is 12.0 Å². The molecule has 5 nitrogen and oxygen atoms in total.